The van der Waals surface area contributed by atoms with Gasteiger partial charge in [-0.3, -0.25) is 9.59 Å². The second kappa shape index (κ2) is 6.31. The van der Waals surface area contributed by atoms with E-state index in [4.69, 9.17) is 0 Å². The molecule has 0 bridgehead atoms. The molecule has 0 aliphatic carbocycles. The number of nitrogens with one attached hydrogen (secondary N) is 1. The van der Waals surface area contributed by atoms with Crippen molar-refractivity contribution in [3.8, 4) is 0 Å². The average molecular weight is 363 g/mol. The Bertz CT molecular complexity index is 444. The van der Waals surface area contributed by atoms with E-state index in [1.165, 1.54) is 0 Å². The van der Waals surface area contributed by atoms with Crippen LogP contribution in [0.25, 0.3) is 0 Å². The van der Waals surface area contributed by atoms with Crippen LogP contribution >= 0.6 is 31.9 Å². The van der Waals surface area contributed by atoms with Crippen molar-refractivity contribution in [1.29, 1.82) is 0 Å². The molecular formula is C12H13Br2NO2. The molecule has 5 heteroatoms. The third-order valence-corrected chi connectivity index (χ3v) is 3.42. The zero-order chi connectivity index (χ0) is 13.0. The number of ketones is 1. The van der Waals surface area contributed by atoms with Crippen LogP contribution < -0.4 is 5.32 Å². The largest absolute Gasteiger partial charge is 0.345 e. The van der Waals surface area contributed by atoms with E-state index in [1.54, 1.807) is 12.1 Å². The molecule has 1 amide bonds. The van der Waals surface area contributed by atoms with Crippen molar-refractivity contribution in [2.45, 2.75) is 13.8 Å². The van der Waals surface area contributed by atoms with E-state index in [0.717, 1.165) is 4.47 Å². The number of Topliss-reactive ketones (excluding diaryl/α,β-unsaturated/α-hetero) is 1. The highest BCUT2D eigenvalue weighted by molar-refractivity contribution is 9.11. The summed E-state index contributed by atoms with van der Waals surface area (Å²) in [6, 6.07) is 5.32. The molecule has 0 aliphatic rings. The lowest BCUT2D eigenvalue weighted by Gasteiger charge is -2.08. The third kappa shape index (κ3) is 4.24. The van der Waals surface area contributed by atoms with Crippen molar-refractivity contribution in [2.24, 2.45) is 5.92 Å². The molecule has 0 unspecified atom stereocenters. The van der Waals surface area contributed by atoms with Crippen LogP contribution in [0.3, 0.4) is 0 Å². The molecule has 1 aromatic carbocycles. The van der Waals surface area contributed by atoms with Crippen molar-refractivity contribution in [3.63, 3.8) is 0 Å². The highest BCUT2D eigenvalue weighted by Gasteiger charge is 2.13. The first-order chi connectivity index (χ1) is 7.91. The van der Waals surface area contributed by atoms with E-state index < -0.39 is 0 Å². The van der Waals surface area contributed by atoms with Gasteiger partial charge in [-0.25, -0.2) is 0 Å². The monoisotopic (exact) mass is 361 g/mol. The maximum atomic E-state index is 11.8. The molecule has 92 valence electrons. The van der Waals surface area contributed by atoms with Crippen molar-refractivity contribution >= 4 is 43.6 Å². The van der Waals surface area contributed by atoms with Crippen LogP contribution in [0.5, 0.6) is 0 Å². The first-order valence-corrected chi connectivity index (χ1v) is 6.76. The van der Waals surface area contributed by atoms with Crippen LogP contribution in [0.2, 0.25) is 0 Å². The van der Waals surface area contributed by atoms with Crippen LogP contribution in [-0.2, 0) is 4.79 Å². The number of rotatable bonds is 4. The number of hydrogen-bond acceptors (Lipinski definition) is 2. The minimum Gasteiger partial charge on any atom is -0.345 e. The number of amides is 1. The fourth-order valence-electron chi connectivity index (χ4n) is 1.14. The molecule has 0 spiro atoms. The topological polar surface area (TPSA) is 46.2 Å². The first-order valence-electron chi connectivity index (χ1n) is 5.17. The third-order valence-electron chi connectivity index (χ3n) is 2.24. The summed E-state index contributed by atoms with van der Waals surface area (Å²) in [6.07, 6.45) is 0. The molecule has 0 aliphatic heterocycles. The van der Waals surface area contributed by atoms with Gasteiger partial charge in [0, 0.05) is 14.9 Å². The molecule has 0 fully saturated rings. The number of carbonyl (C=O) groups excluding carboxylic acids is 2. The molecule has 0 saturated carbocycles. The van der Waals surface area contributed by atoms with Crippen LogP contribution in [0, 0.1) is 5.92 Å². The van der Waals surface area contributed by atoms with Crippen molar-refractivity contribution in [3.05, 3.63) is 32.7 Å². The Balaban J connectivity index is 2.70. The fourth-order valence-corrected chi connectivity index (χ4v) is 1.93. The predicted molar refractivity (Wildman–Crippen MR) is 74.0 cm³/mol. The highest BCUT2D eigenvalue weighted by atomic mass is 79.9. The summed E-state index contributed by atoms with van der Waals surface area (Å²) < 4.78 is 1.52. The van der Waals surface area contributed by atoms with Gasteiger partial charge in [0.2, 0.25) is 0 Å². The Kier molecular flexibility index (Phi) is 5.33. The van der Waals surface area contributed by atoms with E-state index in [1.807, 2.05) is 19.9 Å². The molecule has 1 aromatic rings. The van der Waals surface area contributed by atoms with Crippen LogP contribution in [0.1, 0.15) is 24.2 Å². The van der Waals surface area contributed by atoms with Gasteiger partial charge in [0.05, 0.1) is 12.1 Å². The Labute approximate surface area is 117 Å². The Morgan fingerprint density at radius 1 is 1.29 bits per heavy atom. The van der Waals surface area contributed by atoms with Crippen LogP contribution in [-0.4, -0.2) is 18.2 Å². The summed E-state index contributed by atoms with van der Waals surface area (Å²) >= 11 is 6.60. The van der Waals surface area contributed by atoms with Crippen molar-refractivity contribution in [1.82, 2.24) is 5.32 Å². The predicted octanol–water partition coefficient (Wildman–Crippen LogP) is 3.17. The number of halogens is 2. The van der Waals surface area contributed by atoms with Crippen LogP contribution in [0.15, 0.2) is 27.1 Å². The highest BCUT2D eigenvalue weighted by Crippen LogP contribution is 2.21. The van der Waals surface area contributed by atoms with E-state index >= 15 is 0 Å². The quantitative estimate of drug-likeness (QED) is 0.894. The van der Waals surface area contributed by atoms with Gasteiger partial charge in [0.25, 0.3) is 5.91 Å². The minimum absolute atomic E-state index is 0.0180. The van der Waals surface area contributed by atoms with Gasteiger partial charge in [0.15, 0.2) is 5.78 Å². The minimum atomic E-state index is -0.257. The lowest BCUT2D eigenvalue weighted by molar-refractivity contribution is -0.120. The van der Waals surface area contributed by atoms with Gasteiger partial charge in [-0.15, -0.1) is 0 Å². The summed E-state index contributed by atoms with van der Waals surface area (Å²) in [6.45, 7) is 3.68. The molecule has 0 saturated heterocycles. The molecule has 0 aromatic heterocycles. The van der Waals surface area contributed by atoms with Gasteiger partial charge in [0.1, 0.15) is 0 Å². The summed E-state index contributed by atoms with van der Waals surface area (Å²) in [4.78, 5) is 23.2. The summed E-state index contributed by atoms with van der Waals surface area (Å²) in [5.74, 6) is -0.308. The summed E-state index contributed by atoms with van der Waals surface area (Å²) in [5.41, 5.74) is 0.510. The van der Waals surface area contributed by atoms with Gasteiger partial charge in [-0.05, 0) is 34.1 Å². The lowest BCUT2D eigenvalue weighted by atomic mass is 10.1. The van der Waals surface area contributed by atoms with E-state index in [0.29, 0.717) is 10.0 Å². The molecule has 0 radical (unpaired) electrons. The standard InChI is InChI=1S/C12H13Br2NO2/c1-7(2)11(16)6-15-12(17)9-5-8(13)3-4-10(9)14/h3-5,7H,6H2,1-2H3,(H,15,17). The maximum Gasteiger partial charge on any atom is 0.252 e. The van der Waals surface area contributed by atoms with Crippen LogP contribution in [0.4, 0.5) is 0 Å². The summed E-state index contributed by atoms with van der Waals surface area (Å²) in [5, 5.41) is 2.61. The summed E-state index contributed by atoms with van der Waals surface area (Å²) in [7, 11) is 0. The van der Waals surface area contributed by atoms with Crippen molar-refractivity contribution < 1.29 is 9.59 Å². The molecule has 0 heterocycles. The number of benzene rings is 1. The molecule has 0 atom stereocenters. The fraction of sp³-hybridized carbons (Fsp3) is 0.333. The van der Waals surface area contributed by atoms with E-state index in [9.17, 15) is 9.59 Å². The Hall–Kier alpha value is -0.680. The maximum absolute atomic E-state index is 11.8. The van der Waals surface area contributed by atoms with Gasteiger partial charge in [-0.2, -0.15) is 0 Å². The van der Waals surface area contributed by atoms with Gasteiger partial charge < -0.3 is 5.32 Å². The average Bonchev–Trinajstić information content (AvgIpc) is 2.28. The molecular weight excluding hydrogens is 350 g/mol. The first kappa shape index (κ1) is 14.4. The van der Waals surface area contributed by atoms with E-state index in [2.05, 4.69) is 37.2 Å². The zero-order valence-corrected chi connectivity index (χ0v) is 12.8. The Morgan fingerprint density at radius 3 is 2.53 bits per heavy atom. The molecule has 3 nitrogen and oxygen atoms in total. The number of hydrogen-bond donors (Lipinski definition) is 1. The van der Waals surface area contributed by atoms with Gasteiger partial charge >= 0.3 is 0 Å². The normalized spacial score (nSPS) is 10.4. The molecule has 1 N–H and O–H groups in total. The number of carbonyl (C=O) groups is 2. The second-order valence-electron chi connectivity index (χ2n) is 3.93. The zero-order valence-electron chi connectivity index (χ0n) is 9.59. The second-order valence-corrected chi connectivity index (χ2v) is 5.70. The SMILES string of the molecule is CC(C)C(=O)CNC(=O)c1cc(Br)ccc1Br. The van der Waals surface area contributed by atoms with Crippen molar-refractivity contribution in [2.75, 3.05) is 6.54 Å². The smallest absolute Gasteiger partial charge is 0.252 e. The van der Waals surface area contributed by atoms with E-state index in [-0.39, 0.29) is 24.2 Å². The lowest BCUT2D eigenvalue weighted by Crippen LogP contribution is -2.31. The molecule has 1 rings (SSSR count). The Morgan fingerprint density at radius 2 is 1.94 bits per heavy atom. The van der Waals surface area contributed by atoms with Gasteiger partial charge in [-0.1, -0.05) is 29.8 Å². The molecule has 17 heavy (non-hydrogen) atoms.